The van der Waals surface area contributed by atoms with Gasteiger partial charge in [-0.1, -0.05) is 0 Å². The van der Waals surface area contributed by atoms with E-state index in [0.717, 1.165) is 32.4 Å². The SMILES string of the molecule is NNc1cc(NCCC2CCCCO2)cc([N+](=O)[O-])c1. The Morgan fingerprint density at radius 2 is 2.15 bits per heavy atom. The maximum atomic E-state index is 10.8. The molecule has 0 radical (unpaired) electrons. The van der Waals surface area contributed by atoms with Gasteiger partial charge in [-0.05, 0) is 31.7 Å². The number of non-ortho nitro benzene ring substituents is 1. The molecule has 0 aliphatic carbocycles. The molecule has 7 heteroatoms. The van der Waals surface area contributed by atoms with Crippen molar-refractivity contribution in [2.24, 2.45) is 5.84 Å². The third-order valence-corrected chi connectivity index (χ3v) is 3.36. The van der Waals surface area contributed by atoms with Gasteiger partial charge in [0.1, 0.15) is 0 Å². The average Bonchev–Trinajstić information content (AvgIpc) is 2.48. The Hall–Kier alpha value is -1.86. The molecule has 0 amide bonds. The molecule has 0 spiro atoms. The predicted molar refractivity (Wildman–Crippen MR) is 77.6 cm³/mol. The van der Waals surface area contributed by atoms with Crippen LogP contribution in [-0.2, 0) is 4.74 Å². The standard InChI is InChI=1S/C13H20N4O3/c14-16-11-7-10(8-12(9-11)17(18)19)15-5-4-13-3-1-2-6-20-13/h7-9,13,15-16H,1-6,14H2. The molecular weight excluding hydrogens is 260 g/mol. The Kier molecular flexibility index (Phi) is 5.14. The lowest BCUT2D eigenvalue weighted by Crippen LogP contribution is -2.22. The Balaban J connectivity index is 1.91. The van der Waals surface area contributed by atoms with Gasteiger partial charge in [-0.2, -0.15) is 0 Å². The summed E-state index contributed by atoms with van der Waals surface area (Å²) in [6.45, 7) is 1.55. The van der Waals surface area contributed by atoms with Gasteiger partial charge in [-0.25, -0.2) is 0 Å². The number of nitro benzene ring substituents is 1. The van der Waals surface area contributed by atoms with Gasteiger partial charge in [0, 0.05) is 31.0 Å². The predicted octanol–water partition coefficient (Wildman–Crippen LogP) is 2.25. The number of hydrogen-bond acceptors (Lipinski definition) is 6. The summed E-state index contributed by atoms with van der Waals surface area (Å²) in [5.74, 6) is 5.31. The number of nitro groups is 1. The molecule has 0 bridgehead atoms. The van der Waals surface area contributed by atoms with E-state index in [1.54, 1.807) is 6.07 Å². The molecule has 1 aromatic carbocycles. The smallest absolute Gasteiger partial charge is 0.273 e. The number of nitrogens with two attached hydrogens (primary N) is 1. The van der Waals surface area contributed by atoms with Crippen molar-refractivity contribution >= 4 is 17.1 Å². The summed E-state index contributed by atoms with van der Waals surface area (Å²) in [5.41, 5.74) is 3.64. The first-order valence-corrected chi connectivity index (χ1v) is 6.80. The highest BCUT2D eigenvalue weighted by molar-refractivity contribution is 5.63. The summed E-state index contributed by atoms with van der Waals surface area (Å²) < 4.78 is 5.64. The van der Waals surface area contributed by atoms with Crippen LogP contribution in [0.4, 0.5) is 17.1 Å². The maximum absolute atomic E-state index is 10.8. The second-order valence-electron chi connectivity index (χ2n) is 4.87. The summed E-state index contributed by atoms with van der Waals surface area (Å²) in [7, 11) is 0. The van der Waals surface area contributed by atoms with Gasteiger partial charge in [-0.15, -0.1) is 0 Å². The maximum Gasteiger partial charge on any atom is 0.273 e. The van der Waals surface area contributed by atoms with Gasteiger partial charge in [0.2, 0.25) is 0 Å². The topological polar surface area (TPSA) is 102 Å². The number of benzene rings is 1. The molecule has 7 nitrogen and oxygen atoms in total. The highest BCUT2D eigenvalue weighted by Gasteiger charge is 2.14. The molecule has 1 aliphatic rings. The monoisotopic (exact) mass is 280 g/mol. The van der Waals surface area contributed by atoms with Crippen molar-refractivity contribution in [1.82, 2.24) is 0 Å². The van der Waals surface area contributed by atoms with Crippen molar-refractivity contribution in [2.45, 2.75) is 31.8 Å². The van der Waals surface area contributed by atoms with E-state index in [-0.39, 0.29) is 5.69 Å². The highest BCUT2D eigenvalue weighted by atomic mass is 16.6. The van der Waals surface area contributed by atoms with Crippen LogP contribution in [0.3, 0.4) is 0 Å². The molecule has 1 heterocycles. The van der Waals surface area contributed by atoms with Gasteiger partial charge in [0.05, 0.1) is 16.7 Å². The minimum atomic E-state index is -0.434. The summed E-state index contributed by atoms with van der Waals surface area (Å²) in [6, 6.07) is 4.65. The minimum absolute atomic E-state index is 0.0110. The normalized spacial score (nSPS) is 18.6. The van der Waals surface area contributed by atoms with Gasteiger partial charge in [0.15, 0.2) is 0 Å². The Bertz CT molecular complexity index is 461. The number of anilines is 2. The van der Waals surface area contributed by atoms with Gasteiger partial charge in [-0.3, -0.25) is 16.0 Å². The molecular formula is C13H20N4O3. The molecule has 1 aromatic rings. The molecule has 1 saturated heterocycles. The molecule has 110 valence electrons. The molecule has 20 heavy (non-hydrogen) atoms. The lowest BCUT2D eigenvalue weighted by molar-refractivity contribution is -0.384. The van der Waals surface area contributed by atoms with E-state index in [2.05, 4.69) is 10.7 Å². The Labute approximate surface area is 117 Å². The van der Waals surface area contributed by atoms with Crippen molar-refractivity contribution in [1.29, 1.82) is 0 Å². The first-order chi connectivity index (χ1) is 9.69. The molecule has 0 aromatic heterocycles. The number of nitrogens with zero attached hydrogens (tertiary/aromatic N) is 1. The number of nitrogens with one attached hydrogen (secondary N) is 2. The lowest BCUT2D eigenvalue weighted by atomic mass is 10.1. The van der Waals surface area contributed by atoms with Crippen LogP contribution in [0, 0.1) is 10.1 Å². The fourth-order valence-corrected chi connectivity index (χ4v) is 2.31. The van der Waals surface area contributed by atoms with E-state index in [9.17, 15) is 10.1 Å². The molecule has 1 unspecified atom stereocenters. The van der Waals surface area contributed by atoms with Crippen molar-refractivity contribution in [3.8, 4) is 0 Å². The van der Waals surface area contributed by atoms with Gasteiger partial charge >= 0.3 is 0 Å². The fraction of sp³-hybridized carbons (Fsp3) is 0.538. The summed E-state index contributed by atoms with van der Waals surface area (Å²) in [4.78, 5) is 10.4. The van der Waals surface area contributed by atoms with Crippen LogP contribution in [0.1, 0.15) is 25.7 Å². The first-order valence-electron chi connectivity index (χ1n) is 6.80. The van der Waals surface area contributed by atoms with Crippen molar-refractivity contribution in [3.63, 3.8) is 0 Å². The first kappa shape index (κ1) is 14.5. The van der Waals surface area contributed by atoms with Crippen LogP contribution < -0.4 is 16.6 Å². The molecule has 1 aliphatic heterocycles. The number of hydrazine groups is 1. The Morgan fingerprint density at radius 1 is 1.35 bits per heavy atom. The van der Waals surface area contributed by atoms with Crippen LogP contribution in [0.2, 0.25) is 0 Å². The van der Waals surface area contributed by atoms with E-state index < -0.39 is 4.92 Å². The van der Waals surface area contributed by atoms with Crippen LogP contribution in [-0.4, -0.2) is 24.2 Å². The second kappa shape index (κ2) is 7.06. The number of hydrogen-bond donors (Lipinski definition) is 3. The zero-order valence-corrected chi connectivity index (χ0v) is 11.3. The van der Waals surface area contributed by atoms with E-state index in [4.69, 9.17) is 10.6 Å². The fourth-order valence-electron chi connectivity index (χ4n) is 2.31. The number of rotatable bonds is 6. The van der Waals surface area contributed by atoms with Crippen molar-refractivity contribution in [3.05, 3.63) is 28.3 Å². The third-order valence-electron chi connectivity index (χ3n) is 3.36. The second-order valence-corrected chi connectivity index (χ2v) is 4.87. The summed E-state index contributed by atoms with van der Waals surface area (Å²) in [6.07, 6.45) is 4.63. The minimum Gasteiger partial charge on any atom is -0.385 e. The van der Waals surface area contributed by atoms with E-state index in [0.29, 0.717) is 17.5 Å². The lowest BCUT2D eigenvalue weighted by Gasteiger charge is -2.22. The summed E-state index contributed by atoms with van der Waals surface area (Å²) >= 11 is 0. The molecule has 1 atom stereocenters. The van der Waals surface area contributed by atoms with Crippen LogP contribution in [0.15, 0.2) is 18.2 Å². The Morgan fingerprint density at radius 3 is 2.80 bits per heavy atom. The van der Waals surface area contributed by atoms with Crippen LogP contribution in [0.25, 0.3) is 0 Å². The van der Waals surface area contributed by atoms with Gasteiger partial charge in [0.25, 0.3) is 5.69 Å². The largest absolute Gasteiger partial charge is 0.385 e. The molecule has 2 rings (SSSR count). The average molecular weight is 280 g/mol. The quantitative estimate of drug-likeness (QED) is 0.419. The third kappa shape index (κ3) is 4.07. The number of ether oxygens (including phenoxy) is 1. The van der Waals surface area contributed by atoms with Crippen LogP contribution in [0.5, 0.6) is 0 Å². The van der Waals surface area contributed by atoms with Crippen molar-refractivity contribution in [2.75, 3.05) is 23.9 Å². The van der Waals surface area contributed by atoms with Gasteiger partial charge < -0.3 is 15.5 Å². The highest BCUT2D eigenvalue weighted by Crippen LogP contribution is 2.24. The summed E-state index contributed by atoms with van der Waals surface area (Å²) in [5, 5.41) is 14.0. The number of nitrogen functional groups attached to an aromatic ring is 1. The molecule has 0 saturated carbocycles. The van der Waals surface area contributed by atoms with E-state index in [1.165, 1.54) is 18.6 Å². The van der Waals surface area contributed by atoms with Crippen molar-refractivity contribution < 1.29 is 9.66 Å². The van der Waals surface area contributed by atoms with E-state index >= 15 is 0 Å². The van der Waals surface area contributed by atoms with E-state index in [1.807, 2.05) is 0 Å². The molecule has 4 N–H and O–H groups in total. The zero-order chi connectivity index (χ0) is 14.4. The molecule has 1 fully saturated rings. The van der Waals surface area contributed by atoms with Crippen LogP contribution >= 0.6 is 0 Å². The zero-order valence-electron chi connectivity index (χ0n) is 11.3.